The first-order valence-corrected chi connectivity index (χ1v) is 10.5. The van der Waals surface area contributed by atoms with Crippen LogP contribution in [0.5, 0.6) is 0 Å². The van der Waals surface area contributed by atoms with Crippen molar-refractivity contribution < 1.29 is 19.1 Å². The van der Waals surface area contributed by atoms with Crippen molar-refractivity contribution in [2.24, 2.45) is 0 Å². The molecule has 0 unspecified atom stereocenters. The molecule has 2 amide bonds. The molecule has 0 radical (unpaired) electrons. The van der Waals surface area contributed by atoms with Gasteiger partial charge < -0.3 is 15.4 Å². The number of amides is 2. The van der Waals surface area contributed by atoms with Crippen LogP contribution in [0.3, 0.4) is 0 Å². The Morgan fingerprint density at radius 1 is 1.00 bits per heavy atom. The molecule has 1 saturated carbocycles. The summed E-state index contributed by atoms with van der Waals surface area (Å²) < 4.78 is 4.76. The summed E-state index contributed by atoms with van der Waals surface area (Å²) in [6.07, 6.45) is 2.29. The first kappa shape index (κ1) is 22.5. The summed E-state index contributed by atoms with van der Waals surface area (Å²) in [7, 11) is 1.30. The standard InChI is InChI=1S/C24H29N3O4/c1-16-8-9-17(2)21(14-16)26-23(29)15-27(18-10-11-18)13-12-22(28)25-20-7-5-4-6-19(20)24(30)31-3/h4-9,14,18H,10-13,15H2,1-3H3,(H,25,28)(H,26,29). The van der Waals surface area contributed by atoms with Crippen molar-refractivity contribution in [1.29, 1.82) is 0 Å². The zero-order chi connectivity index (χ0) is 22.4. The van der Waals surface area contributed by atoms with E-state index in [-0.39, 0.29) is 24.8 Å². The van der Waals surface area contributed by atoms with Crippen LogP contribution in [0.1, 0.15) is 40.7 Å². The quantitative estimate of drug-likeness (QED) is 0.603. The van der Waals surface area contributed by atoms with Crippen molar-refractivity contribution in [2.75, 3.05) is 30.8 Å². The molecule has 0 bridgehead atoms. The summed E-state index contributed by atoms with van der Waals surface area (Å²) in [6.45, 7) is 4.66. The summed E-state index contributed by atoms with van der Waals surface area (Å²) in [5, 5.41) is 5.77. The van der Waals surface area contributed by atoms with Gasteiger partial charge in [-0.05, 0) is 56.0 Å². The second-order valence-electron chi connectivity index (χ2n) is 7.90. The first-order valence-electron chi connectivity index (χ1n) is 10.5. The van der Waals surface area contributed by atoms with Crippen LogP contribution in [-0.4, -0.2) is 48.9 Å². The fourth-order valence-corrected chi connectivity index (χ4v) is 3.41. The van der Waals surface area contributed by atoms with Gasteiger partial charge in [0, 0.05) is 24.7 Å². The lowest BCUT2D eigenvalue weighted by Crippen LogP contribution is -2.37. The summed E-state index contributed by atoms with van der Waals surface area (Å²) >= 11 is 0. The van der Waals surface area contributed by atoms with Gasteiger partial charge in [0.05, 0.1) is 24.9 Å². The lowest BCUT2D eigenvalue weighted by molar-refractivity contribution is -0.119. The van der Waals surface area contributed by atoms with Gasteiger partial charge in [0.25, 0.3) is 0 Å². The number of methoxy groups -OCH3 is 1. The Hall–Kier alpha value is -3.19. The Morgan fingerprint density at radius 2 is 1.71 bits per heavy atom. The summed E-state index contributed by atoms with van der Waals surface area (Å²) in [6, 6.07) is 13.0. The molecule has 3 rings (SSSR count). The van der Waals surface area contributed by atoms with Gasteiger partial charge in [-0.15, -0.1) is 0 Å². The number of nitrogens with one attached hydrogen (secondary N) is 2. The van der Waals surface area contributed by atoms with E-state index in [2.05, 4.69) is 10.6 Å². The summed E-state index contributed by atoms with van der Waals surface area (Å²) in [4.78, 5) is 39.0. The highest BCUT2D eigenvalue weighted by molar-refractivity contribution is 6.01. The number of carbonyl (C=O) groups excluding carboxylic acids is 3. The number of nitrogens with zero attached hydrogens (tertiary/aromatic N) is 1. The van der Waals surface area contributed by atoms with Crippen LogP contribution in [0.2, 0.25) is 0 Å². The Balaban J connectivity index is 1.55. The predicted octanol–water partition coefficient (Wildman–Crippen LogP) is 3.52. The first-order chi connectivity index (χ1) is 14.9. The maximum absolute atomic E-state index is 12.6. The fraction of sp³-hybridized carbons (Fsp3) is 0.375. The average molecular weight is 424 g/mol. The van der Waals surface area contributed by atoms with Crippen LogP contribution in [-0.2, 0) is 14.3 Å². The highest BCUT2D eigenvalue weighted by atomic mass is 16.5. The monoisotopic (exact) mass is 423 g/mol. The number of ether oxygens (including phenoxy) is 1. The SMILES string of the molecule is COC(=O)c1ccccc1NC(=O)CCN(CC(=O)Nc1cc(C)ccc1C)C1CC1. The molecule has 0 heterocycles. The number of para-hydroxylation sites is 1. The number of anilines is 2. The van der Waals surface area contributed by atoms with Crippen molar-refractivity contribution in [3.8, 4) is 0 Å². The van der Waals surface area contributed by atoms with Crippen LogP contribution in [0.25, 0.3) is 0 Å². The van der Waals surface area contributed by atoms with Crippen molar-refractivity contribution in [1.82, 2.24) is 4.90 Å². The van der Waals surface area contributed by atoms with Crippen LogP contribution >= 0.6 is 0 Å². The maximum Gasteiger partial charge on any atom is 0.339 e. The number of esters is 1. The largest absolute Gasteiger partial charge is 0.465 e. The van der Waals surface area contributed by atoms with Crippen molar-refractivity contribution in [2.45, 2.75) is 39.2 Å². The van der Waals surface area contributed by atoms with E-state index in [1.54, 1.807) is 24.3 Å². The molecule has 1 aliphatic carbocycles. The normalized spacial score (nSPS) is 13.0. The smallest absolute Gasteiger partial charge is 0.339 e. The molecular weight excluding hydrogens is 394 g/mol. The molecule has 1 aliphatic rings. The van der Waals surface area contributed by atoms with Gasteiger partial charge in [0.15, 0.2) is 0 Å². The molecule has 0 spiro atoms. The molecule has 2 aromatic rings. The van der Waals surface area contributed by atoms with E-state index in [0.29, 0.717) is 23.8 Å². The average Bonchev–Trinajstić information content (AvgIpc) is 3.59. The van der Waals surface area contributed by atoms with E-state index in [9.17, 15) is 14.4 Å². The molecule has 164 valence electrons. The second-order valence-corrected chi connectivity index (χ2v) is 7.90. The number of hydrogen-bond acceptors (Lipinski definition) is 5. The van der Waals surface area contributed by atoms with Gasteiger partial charge in [-0.25, -0.2) is 4.79 Å². The number of benzene rings is 2. The van der Waals surface area contributed by atoms with Gasteiger partial charge in [0.2, 0.25) is 11.8 Å². The van der Waals surface area contributed by atoms with E-state index in [0.717, 1.165) is 29.7 Å². The Bertz CT molecular complexity index is 969. The minimum absolute atomic E-state index is 0.0861. The third kappa shape index (κ3) is 6.39. The molecule has 2 N–H and O–H groups in total. The molecule has 0 aliphatic heterocycles. The summed E-state index contributed by atoms with van der Waals surface area (Å²) in [5.41, 5.74) is 3.65. The minimum Gasteiger partial charge on any atom is -0.465 e. The highest BCUT2D eigenvalue weighted by Crippen LogP contribution is 2.27. The topological polar surface area (TPSA) is 87.7 Å². The fourth-order valence-electron chi connectivity index (χ4n) is 3.41. The molecule has 0 saturated heterocycles. The van der Waals surface area contributed by atoms with Gasteiger partial charge in [-0.2, -0.15) is 0 Å². The van der Waals surface area contributed by atoms with Crippen molar-refractivity contribution in [3.05, 3.63) is 59.2 Å². The van der Waals surface area contributed by atoms with Crippen LogP contribution in [0.15, 0.2) is 42.5 Å². The molecule has 1 fully saturated rings. The molecule has 0 aromatic heterocycles. The van der Waals surface area contributed by atoms with Gasteiger partial charge in [-0.3, -0.25) is 14.5 Å². The molecule has 7 heteroatoms. The Labute approximate surface area is 182 Å². The molecule has 31 heavy (non-hydrogen) atoms. The third-order valence-electron chi connectivity index (χ3n) is 5.31. The van der Waals surface area contributed by atoms with E-state index in [1.807, 2.05) is 36.9 Å². The van der Waals surface area contributed by atoms with Gasteiger partial charge in [-0.1, -0.05) is 24.3 Å². The predicted molar refractivity (Wildman–Crippen MR) is 120 cm³/mol. The Morgan fingerprint density at radius 3 is 2.42 bits per heavy atom. The number of aryl methyl sites for hydroxylation is 2. The highest BCUT2D eigenvalue weighted by Gasteiger charge is 2.30. The van der Waals surface area contributed by atoms with E-state index < -0.39 is 5.97 Å². The number of rotatable bonds is 9. The third-order valence-corrected chi connectivity index (χ3v) is 5.31. The minimum atomic E-state index is -0.501. The summed E-state index contributed by atoms with van der Waals surface area (Å²) in [5.74, 6) is -0.799. The second kappa shape index (κ2) is 10.2. The van der Waals surface area contributed by atoms with E-state index in [4.69, 9.17) is 4.74 Å². The molecule has 0 atom stereocenters. The molecule has 7 nitrogen and oxygen atoms in total. The van der Waals surface area contributed by atoms with Crippen LogP contribution in [0, 0.1) is 13.8 Å². The van der Waals surface area contributed by atoms with Gasteiger partial charge in [0.1, 0.15) is 0 Å². The lowest BCUT2D eigenvalue weighted by atomic mass is 10.1. The zero-order valence-electron chi connectivity index (χ0n) is 18.2. The maximum atomic E-state index is 12.6. The van der Waals surface area contributed by atoms with E-state index >= 15 is 0 Å². The number of hydrogen-bond donors (Lipinski definition) is 2. The van der Waals surface area contributed by atoms with Crippen molar-refractivity contribution in [3.63, 3.8) is 0 Å². The lowest BCUT2D eigenvalue weighted by Gasteiger charge is -2.21. The van der Waals surface area contributed by atoms with Crippen LogP contribution in [0.4, 0.5) is 11.4 Å². The molecule has 2 aromatic carbocycles. The zero-order valence-corrected chi connectivity index (χ0v) is 18.2. The van der Waals surface area contributed by atoms with Crippen LogP contribution < -0.4 is 10.6 Å². The Kier molecular flexibility index (Phi) is 7.41. The van der Waals surface area contributed by atoms with Gasteiger partial charge >= 0.3 is 5.97 Å². The van der Waals surface area contributed by atoms with E-state index in [1.165, 1.54) is 7.11 Å². The molecular formula is C24H29N3O4. The number of carbonyl (C=O) groups is 3. The van der Waals surface area contributed by atoms with Crippen molar-refractivity contribution >= 4 is 29.2 Å².